The van der Waals surface area contributed by atoms with Crippen LogP contribution in [0.5, 0.6) is 0 Å². The zero-order valence-corrected chi connectivity index (χ0v) is 9.50. The summed E-state index contributed by atoms with van der Waals surface area (Å²) in [6.07, 6.45) is 1.66. The van der Waals surface area contributed by atoms with Gasteiger partial charge in [0.05, 0.1) is 16.4 Å². The van der Waals surface area contributed by atoms with Crippen molar-refractivity contribution in [3.63, 3.8) is 0 Å². The van der Waals surface area contributed by atoms with E-state index in [1.165, 1.54) is 0 Å². The first-order chi connectivity index (χ1) is 6.11. The van der Waals surface area contributed by atoms with Gasteiger partial charge in [0.25, 0.3) is 0 Å². The molecule has 13 heavy (non-hydrogen) atoms. The molecule has 1 heterocycles. The second-order valence-corrected chi connectivity index (χ2v) is 5.36. The first-order valence-electron chi connectivity index (χ1n) is 3.99. The Morgan fingerprint density at radius 1 is 1.62 bits per heavy atom. The molecule has 0 aliphatic heterocycles. The first kappa shape index (κ1) is 10.7. The summed E-state index contributed by atoms with van der Waals surface area (Å²) in [5.41, 5.74) is 0. The van der Waals surface area contributed by atoms with Gasteiger partial charge in [0.2, 0.25) is 0 Å². The Morgan fingerprint density at radius 2 is 2.31 bits per heavy atom. The van der Waals surface area contributed by atoms with Crippen LogP contribution in [0, 0.1) is 6.92 Å². The fourth-order valence-corrected chi connectivity index (χ4v) is 2.98. The van der Waals surface area contributed by atoms with Crippen molar-refractivity contribution in [2.24, 2.45) is 0 Å². The summed E-state index contributed by atoms with van der Waals surface area (Å²) in [5, 5.41) is 0.0410. The Bertz CT molecular complexity index is 294. The van der Waals surface area contributed by atoms with Crippen molar-refractivity contribution in [3.05, 3.63) is 18.1 Å². The summed E-state index contributed by atoms with van der Waals surface area (Å²) < 4.78 is 5.14. The molecule has 0 aromatic carbocycles. The van der Waals surface area contributed by atoms with Gasteiger partial charge in [-0.2, -0.15) is 0 Å². The predicted molar refractivity (Wildman–Crippen MR) is 57.0 cm³/mol. The van der Waals surface area contributed by atoms with E-state index in [4.69, 9.17) is 4.42 Å². The minimum atomic E-state index is 0.0410. The maximum absolute atomic E-state index is 10.9. The quantitative estimate of drug-likeness (QED) is 0.722. The highest BCUT2D eigenvalue weighted by Crippen LogP contribution is 2.36. The smallest absolute Gasteiger partial charge is 0.143 e. The van der Waals surface area contributed by atoms with Gasteiger partial charge in [-0.05, 0) is 26.8 Å². The van der Waals surface area contributed by atoms with E-state index in [9.17, 15) is 4.79 Å². The van der Waals surface area contributed by atoms with Crippen molar-refractivity contribution in [3.8, 4) is 0 Å². The standard InChI is InChI=1S/C9H12O2S2/c1-6(10)8(3)12-13-9-4-5-11-7(9)2/h4-5,8H,1-3H3. The average Bonchev–Trinajstić information content (AvgIpc) is 2.47. The molecular formula is C9H12O2S2. The van der Waals surface area contributed by atoms with E-state index in [1.807, 2.05) is 19.9 Å². The Balaban J connectivity index is 2.44. The summed E-state index contributed by atoms with van der Waals surface area (Å²) in [4.78, 5) is 12.0. The zero-order valence-electron chi connectivity index (χ0n) is 7.87. The maximum Gasteiger partial charge on any atom is 0.143 e. The van der Waals surface area contributed by atoms with Crippen LogP contribution in [0.1, 0.15) is 19.6 Å². The molecule has 72 valence electrons. The van der Waals surface area contributed by atoms with Crippen LogP contribution in [0.25, 0.3) is 0 Å². The third-order valence-corrected chi connectivity index (χ3v) is 4.68. The number of rotatable bonds is 4. The molecule has 0 aliphatic rings. The van der Waals surface area contributed by atoms with Gasteiger partial charge < -0.3 is 4.42 Å². The number of hydrogen-bond acceptors (Lipinski definition) is 4. The van der Waals surface area contributed by atoms with Crippen molar-refractivity contribution in [2.75, 3.05) is 0 Å². The largest absolute Gasteiger partial charge is 0.468 e. The topological polar surface area (TPSA) is 30.2 Å². The third-order valence-electron chi connectivity index (χ3n) is 1.67. The average molecular weight is 216 g/mol. The summed E-state index contributed by atoms with van der Waals surface area (Å²) in [5.74, 6) is 1.12. The number of carbonyl (C=O) groups is 1. The van der Waals surface area contributed by atoms with Crippen LogP contribution in [0.3, 0.4) is 0 Å². The van der Waals surface area contributed by atoms with E-state index >= 15 is 0 Å². The minimum Gasteiger partial charge on any atom is -0.468 e. The van der Waals surface area contributed by atoms with Gasteiger partial charge in [-0.15, -0.1) is 0 Å². The van der Waals surface area contributed by atoms with Gasteiger partial charge in [-0.3, -0.25) is 4.79 Å². The summed E-state index contributed by atoms with van der Waals surface area (Å²) in [6, 6.07) is 1.92. The van der Waals surface area contributed by atoms with Crippen molar-refractivity contribution < 1.29 is 9.21 Å². The molecule has 2 nitrogen and oxygen atoms in total. The SMILES string of the molecule is CC(=O)C(C)SSc1ccoc1C. The molecule has 1 unspecified atom stereocenters. The Labute approximate surface area is 85.9 Å². The minimum absolute atomic E-state index is 0.0410. The number of furan rings is 1. The van der Waals surface area contributed by atoms with Crippen LogP contribution in [0.2, 0.25) is 0 Å². The van der Waals surface area contributed by atoms with E-state index in [2.05, 4.69) is 0 Å². The van der Waals surface area contributed by atoms with Crippen molar-refractivity contribution in [2.45, 2.75) is 30.9 Å². The lowest BCUT2D eigenvalue weighted by molar-refractivity contribution is -0.116. The Kier molecular flexibility index (Phi) is 3.93. The number of carbonyl (C=O) groups excluding carboxylic acids is 1. The summed E-state index contributed by atoms with van der Waals surface area (Å²) in [7, 11) is 3.16. The molecule has 4 heteroatoms. The molecule has 0 aliphatic carbocycles. The van der Waals surface area contributed by atoms with Gasteiger partial charge in [-0.25, -0.2) is 0 Å². The number of Topliss-reactive ketones (excluding diaryl/α,β-unsaturated/α-hetero) is 1. The molecule has 0 saturated carbocycles. The molecule has 1 aromatic rings. The fraction of sp³-hybridized carbons (Fsp3) is 0.444. The van der Waals surface area contributed by atoms with Crippen molar-refractivity contribution in [1.82, 2.24) is 0 Å². The Morgan fingerprint density at radius 3 is 2.77 bits per heavy atom. The molecule has 0 fully saturated rings. The highest BCUT2D eigenvalue weighted by Gasteiger charge is 2.10. The lowest BCUT2D eigenvalue weighted by atomic mass is 10.3. The van der Waals surface area contributed by atoms with Gasteiger partial charge in [0.1, 0.15) is 11.5 Å². The monoisotopic (exact) mass is 216 g/mol. The van der Waals surface area contributed by atoms with Crippen LogP contribution < -0.4 is 0 Å². The lowest BCUT2D eigenvalue weighted by Gasteiger charge is -2.04. The van der Waals surface area contributed by atoms with Crippen LogP contribution in [0.4, 0.5) is 0 Å². The second-order valence-electron chi connectivity index (χ2n) is 2.77. The number of aryl methyl sites for hydroxylation is 1. The van der Waals surface area contributed by atoms with Gasteiger partial charge in [0.15, 0.2) is 0 Å². The van der Waals surface area contributed by atoms with E-state index < -0.39 is 0 Å². The van der Waals surface area contributed by atoms with Gasteiger partial charge >= 0.3 is 0 Å². The van der Waals surface area contributed by atoms with E-state index in [0.29, 0.717) is 0 Å². The normalized spacial score (nSPS) is 12.8. The summed E-state index contributed by atoms with van der Waals surface area (Å²) in [6.45, 7) is 5.44. The maximum atomic E-state index is 10.9. The van der Waals surface area contributed by atoms with Crippen LogP contribution in [0.15, 0.2) is 21.6 Å². The molecule has 0 spiro atoms. The van der Waals surface area contributed by atoms with Gasteiger partial charge in [-0.1, -0.05) is 21.6 Å². The molecule has 0 bridgehead atoms. The highest BCUT2D eigenvalue weighted by molar-refractivity contribution is 8.77. The first-order valence-corrected chi connectivity index (χ1v) is 6.20. The molecule has 0 amide bonds. The van der Waals surface area contributed by atoms with Crippen molar-refractivity contribution >= 4 is 27.4 Å². The molecule has 1 rings (SSSR count). The molecule has 0 radical (unpaired) electrons. The van der Waals surface area contributed by atoms with Crippen LogP contribution >= 0.6 is 21.6 Å². The lowest BCUT2D eigenvalue weighted by Crippen LogP contribution is -2.05. The number of hydrogen-bond donors (Lipinski definition) is 0. The third kappa shape index (κ3) is 3.12. The zero-order chi connectivity index (χ0) is 9.84. The second kappa shape index (κ2) is 4.77. The van der Waals surface area contributed by atoms with Gasteiger partial charge in [0, 0.05) is 0 Å². The fourth-order valence-electron chi connectivity index (χ4n) is 0.652. The number of ketones is 1. The van der Waals surface area contributed by atoms with E-state index in [-0.39, 0.29) is 11.0 Å². The Hall–Kier alpha value is -0.350. The molecular weight excluding hydrogens is 204 g/mol. The predicted octanol–water partition coefficient (Wildman–Crippen LogP) is 3.31. The molecule has 0 saturated heterocycles. The van der Waals surface area contributed by atoms with E-state index in [1.54, 1.807) is 34.8 Å². The molecule has 0 N–H and O–H groups in total. The van der Waals surface area contributed by atoms with Crippen LogP contribution in [-0.2, 0) is 4.79 Å². The van der Waals surface area contributed by atoms with E-state index in [0.717, 1.165) is 10.7 Å². The van der Waals surface area contributed by atoms with Crippen molar-refractivity contribution in [1.29, 1.82) is 0 Å². The summed E-state index contributed by atoms with van der Waals surface area (Å²) >= 11 is 0. The van der Waals surface area contributed by atoms with Crippen LogP contribution in [-0.4, -0.2) is 11.0 Å². The molecule has 1 aromatic heterocycles. The molecule has 1 atom stereocenters. The highest BCUT2D eigenvalue weighted by atomic mass is 33.1.